The highest BCUT2D eigenvalue weighted by Crippen LogP contribution is 2.34. The highest BCUT2D eigenvalue weighted by Gasteiger charge is 2.44. The first-order chi connectivity index (χ1) is 14.4. The van der Waals surface area contributed by atoms with E-state index in [4.69, 9.17) is 4.74 Å². The summed E-state index contributed by atoms with van der Waals surface area (Å²) >= 11 is 2.20. The molecule has 11 nitrogen and oxygen atoms in total. The fourth-order valence-electron chi connectivity index (χ4n) is 3.36. The summed E-state index contributed by atoms with van der Waals surface area (Å²) in [6, 6.07) is 9.09. The Balaban J connectivity index is 1.72. The number of halogens is 1. The third-order valence-electron chi connectivity index (χ3n) is 4.87. The van der Waals surface area contributed by atoms with Crippen LogP contribution in [0.25, 0.3) is 11.2 Å². The van der Waals surface area contributed by atoms with Gasteiger partial charge in [-0.2, -0.15) is 0 Å². The van der Waals surface area contributed by atoms with Gasteiger partial charge in [0.2, 0.25) is 0 Å². The van der Waals surface area contributed by atoms with Crippen LogP contribution in [0.4, 0.5) is 11.5 Å². The van der Waals surface area contributed by atoms with Crippen LogP contribution >= 0.6 is 22.6 Å². The van der Waals surface area contributed by atoms with Gasteiger partial charge in [-0.15, -0.1) is 0 Å². The number of aliphatic hydroxyl groups excluding tert-OH is 3. The van der Waals surface area contributed by atoms with Crippen molar-refractivity contribution in [3.8, 4) is 0 Å². The number of anilines is 1. The van der Waals surface area contributed by atoms with Crippen LogP contribution < -0.4 is 5.32 Å². The molecule has 158 valence electrons. The van der Waals surface area contributed by atoms with Crippen molar-refractivity contribution < 1.29 is 25.0 Å². The van der Waals surface area contributed by atoms with E-state index in [-0.39, 0.29) is 5.65 Å². The van der Waals surface area contributed by atoms with Crippen molar-refractivity contribution in [3.05, 3.63) is 55.9 Å². The lowest BCUT2D eigenvalue weighted by Gasteiger charge is -2.15. The predicted octanol–water partition coefficient (Wildman–Crippen LogP) is 1.17. The van der Waals surface area contributed by atoms with Crippen LogP contribution in [-0.4, -0.2) is 59.7 Å². The fourth-order valence-corrected chi connectivity index (χ4v) is 3.97. The van der Waals surface area contributed by atoms with Gasteiger partial charge in [-0.3, -0.25) is 4.57 Å². The number of hydrogen-bond acceptors (Lipinski definition) is 9. The van der Waals surface area contributed by atoms with E-state index in [0.717, 1.165) is 9.13 Å². The summed E-state index contributed by atoms with van der Waals surface area (Å²) in [5, 5.41) is 44.2. The van der Waals surface area contributed by atoms with Crippen molar-refractivity contribution in [2.24, 2.45) is 0 Å². The molecule has 0 amide bonds. The second-order valence-corrected chi connectivity index (χ2v) is 8.07. The van der Waals surface area contributed by atoms with E-state index >= 15 is 0 Å². The Labute approximate surface area is 183 Å². The third-order valence-corrected chi connectivity index (χ3v) is 5.54. The summed E-state index contributed by atoms with van der Waals surface area (Å²) in [5.41, 5.74) is 1.85. The Kier molecular flexibility index (Phi) is 5.84. The smallest absolute Gasteiger partial charge is 0.368 e. The second kappa shape index (κ2) is 8.39. The van der Waals surface area contributed by atoms with E-state index in [9.17, 15) is 25.4 Å². The van der Waals surface area contributed by atoms with Gasteiger partial charge in [0.1, 0.15) is 24.6 Å². The minimum absolute atomic E-state index is 0.115. The monoisotopic (exact) mass is 527 g/mol. The molecule has 12 heteroatoms. The van der Waals surface area contributed by atoms with E-state index in [1.165, 1.54) is 17.0 Å². The normalized spacial score (nSPS) is 23.7. The number of nitrogens with zero attached hydrogens (tertiary/aromatic N) is 4. The molecule has 2 aromatic heterocycles. The molecular weight excluding hydrogens is 509 g/mol. The molecule has 0 bridgehead atoms. The molecule has 1 aliphatic heterocycles. The number of aliphatic hydroxyl groups is 3. The first kappa shape index (κ1) is 20.9. The van der Waals surface area contributed by atoms with Gasteiger partial charge in [-0.05, 0) is 50.2 Å². The van der Waals surface area contributed by atoms with Crippen molar-refractivity contribution >= 4 is 45.3 Å². The number of nitro groups is 1. The van der Waals surface area contributed by atoms with Crippen LogP contribution in [-0.2, 0) is 11.3 Å². The lowest BCUT2D eigenvalue weighted by atomic mass is 10.1. The lowest BCUT2D eigenvalue weighted by molar-refractivity contribution is -0.389. The summed E-state index contributed by atoms with van der Waals surface area (Å²) in [4.78, 5) is 19.1. The first-order valence-corrected chi connectivity index (χ1v) is 10.1. The quantitative estimate of drug-likeness (QED) is 0.210. The Bertz CT molecular complexity index is 1090. The van der Waals surface area contributed by atoms with Crippen molar-refractivity contribution in [2.75, 3.05) is 11.9 Å². The molecule has 3 aromatic rings. The molecule has 0 unspecified atom stereocenters. The highest BCUT2D eigenvalue weighted by atomic mass is 127. The molecule has 0 aliphatic carbocycles. The SMILES string of the molecule is O=[N+]([O-])c1cc(NCc2cccc(I)c2)c2ncn([C@@H]3O[C@H](CO)[C@@H](O)[C@H]3O)c2n1. The molecule has 0 spiro atoms. The summed E-state index contributed by atoms with van der Waals surface area (Å²) in [5.74, 6) is -0.402. The molecular formula is C18H18IN5O6. The van der Waals surface area contributed by atoms with E-state index in [1.54, 1.807) is 0 Å². The van der Waals surface area contributed by atoms with Gasteiger partial charge in [0.25, 0.3) is 5.65 Å². The number of hydrogen-bond donors (Lipinski definition) is 4. The largest absolute Gasteiger partial charge is 0.394 e. The molecule has 4 N–H and O–H groups in total. The Hall–Kier alpha value is -2.39. The zero-order valence-electron chi connectivity index (χ0n) is 15.4. The summed E-state index contributed by atoms with van der Waals surface area (Å²) in [6.07, 6.45) is -3.42. The number of imidazole rings is 1. The molecule has 4 atom stereocenters. The Morgan fingerprint density at radius 2 is 2.10 bits per heavy atom. The van der Waals surface area contributed by atoms with Gasteiger partial charge in [-0.25, -0.2) is 4.98 Å². The van der Waals surface area contributed by atoms with Crippen molar-refractivity contribution in [2.45, 2.75) is 31.1 Å². The van der Waals surface area contributed by atoms with Gasteiger partial charge in [0.15, 0.2) is 11.7 Å². The number of fused-ring (bicyclic) bond motifs is 1. The minimum atomic E-state index is -1.36. The fraction of sp³-hybridized carbons (Fsp3) is 0.333. The van der Waals surface area contributed by atoms with Crippen LogP contribution in [0, 0.1) is 13.7 Å². The molecule has 1 fully saturated rings. The van der Waals surface area contributed by atoms with Crippen LogP contribution in [0.3, 0.4) is 0 Å². The highest BCUT2D eigenvalue weighted by molar-refractivity contribution is 14.1. The maximum absolute atomic E-state index is 11.4. The van der Waals surface area contributed by atoms with E-state index < -0.39 is 41.9 Å². The van der Waals surface area contributed by atoms with Crippen LogP contribution in [0.5, 0.6) is 0 Å². The van der Waals surface area contributed by atoms with Gasteiger partial charge in [0.05, 0.1) is 18.4 Å². The predicted molar refractivity (Wildman–Crippen MR) is 114 cm³/mol. The number of rotatable bonds is 6. The third kappa shape index (κ3) is 3.83. The molecule has 4 rings (SSSR count). The van der Waals surface area contributed by atoms with Crippen molar-refractivity contribution in [1.82, 2.24) is 14.5 Å². The van der Waals surface area contributed by atoms with Crippen LogP contribution in [0.2, 0.25) is 0 Å². The molecule has 1 aliphatic rings. The van der Waals surface area contributed by atoms with Crippen molar-refractivity contribution in [1.29, 1.82) is 0 Å². The van der Waals surface area contributed by atoms with Gasteiger partial charge < -0.3 is 35.5 Å². The average Bonchev–Trinajstić information content (AvgIpc) is 3.27. The van der Waals surface area contributed by atoms with Crippen molar-refractivity contribution in [3.63, 3.8) is 0 Å². The molecule has 1 aromatic carbocycles. The number of ether oxygens (including phenoxy) is 1. The Morgan fingerprint density at radius 1 is 1.30 bits per heavy atom. The summed E-state index contributed by atoms with van der Waals surface area (Å²) in [6.45, 7) is -0.0779. The second-order valence-electron chi connectivity index (χ2n) is 6.82. The number of aromatic nitrogens is 3. The topological polar surface area (TPSA) is 156 Å². The zero-order valence-corrected chi connectivity index (χ0v) is 17.6. The van der Waals surface area contributed by atoms with Crippen LogP contribution in [0.15, 0.2) is 36.7 Å². The molecule has 30 heavy (non-hydrogen) atoms. The maximum Gasteiger partial charge on any atom is 0.368 e. The van der Waals surface area contributed by atoms with Gasteiger partial charge in [0, 0.05) is 10.1 Å². The average molecular weight is 527 g/mol. The standard InChI is InChI=1S/C18H18IN5O6/c19-10-3-1-2-9(4-10)6-20-11-5-13(24(28)29)22-17-14(11)21-8-23(17)18-16(27)15(26)12(7-25)30-18/h1-5,8,12,15-16,18,25-27H,6-7H2,(H,20,22)/t12-,15-,16-,18-/m1/s1. The number of benzene rings is 1. The number of nitrogens with one attached hydrogen (secondary N) is 1. The van der Waals surface area contributed by atoms with E-state index in [1.807, 2.05) is 24.3 Å². The Morgan fingerprint density at radius 3 is 2.77 bits per heavy atom. The number of pyridine rings is 1. The van der Waals surface area contributed by atoms with Gasteiger partial charge >= 0.3 is 5.82 Å². The van der Waals surface area contributed by atoms with Crippen LogP contribution in [0.1, 0.15) is 11.8 Å². The molecule has 3 heterocycles. The first-order valence-electron chi connectivity index (χ1n) is 9.01. The molecule has 1 saturated heterocycles. The maximum atomic E-state index is 11.4. The van der Waals surface area contributed by atoms with E-state index in [0.29, 0.717) is 17.7 Å². The molecule has 0 radical (unpaired) electrons. The lowest BCUT2D eigenvalue weighted by Crippen LogP contribution is -2.33. The summed E-state index contributed by atoms with van der Waals surface area (Å²) < 4.78 is 7.90. The molecule has 0 saturated carbocycles. The van der Waals surface area contributed by atoms with E-state index in [2.05, 4.69) is 37.9 Å². The van der Waals surface area contributed by atoms with Gasteiger partial charge in [-0.1, -0.05) is 12.1 Å². The minimum Gasteiger partial charge on any atom is -0.394 e. The summed E-state index contributed by atoms with van der Waals surface area (Å²) in [7, 11) is 0. The zero-order chi connectivity index (χ0) is 21.4.